The molecule has 1 unspecified atom stereocenters. The minimum absolute atomic E-state index is 0.109. The molecule has 21 heavy (non-hydrogen) atoms. The van der Waals surface area contributed by atoms with E-state index in [1.807, 2.05) is 31.2 Å². The molecule has 1 aromatic carbocycles. The number of hydrogen-bond acceptors (Lipinski definition) is 6. The number of carbonyl (C=O) groups is 1. The number of fused-ring (bicyclic) bond motifs is 1. The maximum Gasteiger partial charge on any atom is 0.314 e. The van der Waals surface area contributed by atoms with Gasteiger partial charge in [-0.25, -0.2) is 0 Å². The van der Waals surface area contributed by atoms with Gasteiger partial charge in [0.1, 0.15) is 11.5 Å². The second kappa shape index (κ2) is 5.40. The van der Waals surface area contributed by atoms with Crippen LogP contribution in [0.4, 0.5) is 0 Å². The number of nitrogens with zero attached hydrogens (tertiary/aromatic N) is 2. The van der Waals surface area contributed by atoms with Gasteiger partial charge in [0.25, 0.3) is 11.1 Å². The van der Waals surface area contributed by atoms with E-state index in [0.29, 0.717) is 18.7 Å². The summed E-state index contributed by atoms with van der Waals surface area (Å²) in [5.41, 5.74) is 0.455. The third-order valence-electron chi connectivity index (χ3n) is 3.44. The molecule has 1 N–H and O–H groups in total. The van der Waals surface area contributed by atoms with Gasteiger partial charge in [0.15, 0.2) is 5.60 Å². The standard InChI is InChI=1S/C14H14N2O4S/c1-2-14(7-9-5-3-4-6-10(9)20-14)12-15-16-13(19-12)21-8-11(17)18/h3-6H,2,7-8H2,1H3,(H,17,18). The molecule has 0 saturated heterocycles. The number of aliphatic carboxylic acids is 1. The Morgan fingerprint density at radius 2 is 2.24 bits per heavy atom. The molecule has 0 amide bonds. The van der Waals surface area contributed by atoms with E-state index in [9.17, 15) is 4.79 Å². The van der Waals surface area contributed by atoms with Crippen molar-refractivity contribution in [2.75, 3.05) is 5.75 Å². The molecule has 6 nitrogen and oxygen atoms in total. The highest BCUT2D eigenvalue weighted by atomic mass is 32.2. The van der Waals surface area contributed by atoms with Crippen LogP contribution in [0.1, 0.15) is 24.8 Å². The Balaban J connectivity index is 1.83. The fourth-order valence-electron chi connectivity index (χ4n) is 2.35. The van der Waals surface area contributed by atoms with Gasteiger partial charge in [-0.05, 0) is 18.1 Å². The molecular weight excluding hydrogens is 292 g/mol. The van der Waals surface area contributed by atoms with Crippen molar-refractivity contribution in [1.29, 1.82) is 0 Å². The lowest BCUT2D eigenvalue weighted by Crippen LogP contribution is -2.30. The number of hydrogen-bond donors (Lipinski definition) is 1. The van der Waals surface area contributed by atoms with Crippen molar-refractivity contribution < 1.29 is 19.1 Å². The Hall–Kier alpha value is -2.02. The van der Waals surface area contributed by atoms with E-state index in [4.69, 9.17) is 14.3 Å². The molecule has 2 aromatic rings. The maximum absolute atomic E-state index is 10.6. The summed E-state index contributed by atoms with van der Waals surface area (Å²) in [5.74, 6) is 0.197. The normalized spacial score (nSPS) is 20.0. The summed E-state index contributed by atoms with van der Waals surface area (Å²) in [6, 6.07) is 7.83. The highest BCUT2D eigenvalue weighted by Gasteiger charge is 2.44. The van der Waals surface area contributed by atoms with Gasteiger partial charge >= 0.3 is 5.97 Å². The largest absolute Gasteiger partial charge is 0.481 e. The van der Waals surface area contributed by atoms with E-state index >= 15 is 0 Å². The molecule has 2 heterocycles. The fourth-order valence-corrected chi connectivity index (χ4v) is 2.83. The van der Waals surface area contributed by atoms with Crippen molar-refractivity contribution in [3.8, 4) is 5.75 Å². The first-order valence-corrected chi connectivity index (χ1v) is 7.57. The minimum atomic E-state index is -0.922. The average molecular weight is 306 g/mol. The molecule has 1 aliphatic rings. The lowest BCUT2D eigenvalue weighted by atomic mass is 9.94. The number of ether oxygens (including phenoxy) is 1. The van der Waals surface area contributed by atoms with Crippen LogP contribution < -0.4 is 4.74 Å². The lowest BCUT2D eigenvalue weighted by Gasteiger charge is -2.22. The summed E-state index contributed by atoms with van der Waals surface area (Å²) >= 11 is 1.01. The van der Waals surface area contributed by atoms with Crippen LogP contribution in [0.3, 0.4) is 0 Å². The SMILES string of the molecule is CCC1(c2nnc(SCC(=O)O)o2)Cc2ccccc2O1. The molecule has 0 aliphatic carbocycles. The monoisotopic (exact) mass is 306 g/mol. The number of benzene rings is 1. The van der Waals surface area contributed by atoms with Crippen LogP contribution in [-0.4, -0.2) is 27.0 Å². The van der Waals surface area contributed by atoms with Crippen molar-refractivity contribution in [3.05, 3.63) is 35.7 Å². The first-order chi connectivity index (χ1) is 10.1. The molecule has 110 valence electrons. The Morgan fingerprint density at radius 1 is 1.43 bits per heavy atom. The van der Waals surface area contributed by atoms with E-state index < -0.39 is 11.6 Å². The number of thioether (sulfide) groups is 1. The fraction of sp³-hybridized carbons (Fsp3) is 0.357. The van der Waals surface area contributed by atoms with Gasteiger partial charge in [0.2, 0.25) is 0 Å². The molecule has 1 atom stereocenters. The minimum Gasteiger partial charge on any atom is -0.481 e. The van der Waals surface area contributed by atoms with Gasteiger partial charge in [0.05, 0.1) is 0 Å². The van der Waals surface area contributed by atoms with Crippen molar-refractivity contribution >= 4 is 17.7 Å². The Kier molecular flexibility index (Phi) is 3.59. The van der Waals surface area contributed by atoms with E-state index in [-0.39, 0.29) is 11.0 Å². The summed E-state index contributed by atoms with van der Waals surface area (Å²) in [6.45, 7) is 2.00. The predicted molar refractivity (Wildman–Crippen MR) is 75.4 cm³/mol. The zero-order valence-corrected chi connectivity index (χ0v) is 12.2. The van der Waals surface area contributed by atoms with Gasteiger partial charge < -0.3 is 14.3 Å². The van der Waals surface area contributed by atoms with Gasteiger partial charge in [0, 0.05) is 6.42 Å². The van der Waals surface area contributed by atoms with Crippen LogP contribution in [0.2, 0.25) is 0 Å². The van der Waals surface area contributed by atoms with E-state index in [0.717, 1.165) is 23.1 Å². The highest BCUT2D eigenvalue weighted by Crippen LogP contribution is 2.43. The predicted octanol–water partition coefficient (Wildman–Crippen LogP) is 2.49. The first kappa shape index (κ1) is 13.9. The molecule has 1 aromatic heterocycles. The zero-order valence-electron chi connectivity index (χ0n) is 11.4. The van der Waals surface area contributed by atoms with Gasteiger partial charge in [-0.1, -0.05) is 36.9 Å². The number of carboxylic acid groups (broad SMARTS) is 1. The Labute approximate surface area is 125 Å². The molecule has 7 heteroatoms. The molecular formula is C14H14N2O4S. The number of rotatable bonds is 5. The average Bonchev–Trinajstić information content (AvgIpc) is 3.09. The molecule has 3 rings (SSSR count). The van der Waals surface area contributed by atoms with Gasteiger partial charge in [-0.15, -0.1) is 10.2 Å². The van der Waals surface area contributed by atoms with Crippen LogP contribution in [-0.2, 0) is 16.8 Å². The Morgan fingerprint density at radius 3 is 2.95 bits per heavy atom. The molecule has 0 radical (unpaired) electrons. The van der Waals surface area contributed by atoms with E-state index in [1.165, 1.54) is 0 Å². The highest BCUT2D eigenvalue weighted by molar-refractivity contribution is 7.99. The molecule has 0 fully saturated rings. The molecule has 0 saturated carbocycles. The summed E-state index contributed by atoms with van der Waals surface area (Å²) < 4.78 is 11.6. The summed E-state index contributed by atoms with van der Waals surface area (Å²) in [6.07, 6.45) is 1.36. The van der Waals surface area contributed by atoms with E-state index in [2.05, 4.69) is 10.2 Å². The van der Waals surface area contributed by atoms with E-state index in [1.54, 1.807) is 0 Å². The van der Waals surface area contributed by atoms with Crippen molar-refractivity contribution in [3.63, 3.8) is 0 Å². The lowest BCUT2D eigenvalue weighted by molar-refractivity contribution is -0.133. The van der Waals surface area contributed by atoms with Gasteiger partial charge in [-0.2, -0.15) is 0 Å². The van der Waals surface area contributed by atoms with Crippen molar-refractivity contribution in [2.45, 2.75) is 30.6 Å². The molecule has 0 bridgehead atoms. The van der Waals surface area contributed by atoms with Crippen molar-refractivity contribution in [1.82, 2.24) is 10.2 Å². The third kappa shape index (κ3) is 2.61. The van der Waals surface area contributed by atoms with Crippen LogP contribution in [0.5, 0.6) is 5.75 Å². The van der Waals surface area contributed by atoms with Crippen LogP contribution in [0.25, 0.3) is 0 Å². The first-order valence-electron chi connectivity index (χ1n) is 6.58. The summed E-state index contributed by atoms with van der Waals surface area (Å²) in [4.78, 5) is 10.6. The zero-order chi connectivity index (χ0) is 14.9. The van der Waals surface area contributed by atoms with Crippen molar-refractivity contribution in [2.24, 2.45) is 0 Å². The smallest absolute Gasteiger partial charge is 0.314 e. The number of carboxylic acids is 1. The molecule has 0 spiro atoms. The summed E-state index contributed by atoms with van der Waals surface area (Å²) in [5, 5.41) is 16.9. The van der Waals surface area contributed by atoms with Crippen LogP contribution in [0, 0.1) is 0 Å². The molecule has 1 aliphatic heterocycles. The van der Waals surface area contributed by atoms with Crippen LogP contribution in [0.15, 0.2) is 33.9 Å². The quantitative estimate of drug-likeness (QED) is 0.849. The second-order valence-electron chi connectivity index (χ2n) is 4.79. The number of aromatic nitrogens is 2. The topological polar surface area (TPSA) is 85.5 Å². The number of para-hydroxylation sites is 1. The van der Waals surface area contributed by atoms with Crippen LogP contribution >= 0.6 is 11.8 Å². The third-order valence-corrected chi connectivity index (χ3v) is 4.24. The van der Waals surface area contributed by atoms with Gasteiger partial charge in [-0.3, -0.25) is 4.79 Å². The maximum atomic E-state index is 10.6. The second-order valence-corrected chi connectivity index (χ2v) is 5.72. The Bertz CT molecular complexity index is 645. The summed E-state index contributed by atoms with van der Waals surface area (Å²) in [7, 11) is 0.